The van der Waals surface area contributed by atoms with Gasteiger partial charge in [-0.2, -0.15) is 4.31 Å². The summed E-state index contributed by atoms with van der Waals surface area (Å²) in [5, 5.41) is 0. The molecular weight excluding hydrogens is 397 g/mol. The van der Waals surface area contributed by atoms with Gasteiger partial charge in [-0.15, -0.1) is 0 Å². The summed E-state index contributed by atoms with van der Waals surface area (Å²) in [5.41, 5.74) is 7.36. The van der Waals surface area contributed by atoms with Gasteiger partial charge in [0, 0.05) is 14.1 Å². The number of sulfonamides is 1. The number of primary amides is 1. The van der Waals surface area contributed by atoms with Gasteiger partial charge >= 0.3 is 0 Å². The van der Waals surface area contributed by atoms with Crippen LogP contribution in [-0.4, -0.2) is 50.1 Å². The number of hydrogen-bond donors (Lipinski definition) is 1. The lowest BCUT2D eigenvalue weighted by Gasteiger charge is -2.28. The third-order valence-corrected chi connectivity index (χ3v) is 6.56. The van der Waals surface area contributed by atoms with E-state index in [1.807, 2.05) is 6.92 Å². The molecule has 2 amide bonds. The summed E-state index contributed by atoms with van der Waals surface area (Å²) in [6.07, 6.45) is 0. The lowest BCUT2D eigenvalue weighted by molar-refractivity contribution is -0.138. The van der Waals surface area contributed by atoms with Crippen LogP contribution in [0.25, 0.3) is 0 Å². The average Bonchev–Trinajstić information content (AvgIpc) is 2.63. The second-order valence-electron chi connectivity index (χ2n) is 6.87. The Bertz CT molecular complexity index is 1040. The van der Waals surface area contributed by atoms with Crippen LogP contribution >= 0.6 is 0 Å². The highest BCUT2D eigenvalue weighted by molar-refractivity contribution is 7.89. The topological polar surface area (TPSA) is 101 Å². The van der Waals surface area contributed by atoms with Crippen molar-refractivity contribution in [3.63, 3.8) is 0 Å². The van der Waals surface area contributed by atoms with Crippen LogP contribution in [0.5, 0.6) is 0 Å². The van der Waals surface area contributed by atoms with Gasteiger partial charge in [-0.1, -0.05) is 18.2 Å². The van der Waals surface area contributed by atoms with Crippen LogP contribution < -0.4 is 5.73 Å². The third kappa shape index (κ3) is 4.99. The molecule has 0 radical (unpaired) electrons. The third-order valence-electron chi connectivity index (χ3n) is 4.76. The summed E-state index contributed by atoms with van der Waals surface area (Å²) < 4.78 is 40.0. The van der Waals surface area contributed by atoms with E-state index in [0.717, 1.165) is 26.4 Å². The van der Waals surface area contributed by atoms with Crippen molar-refractivity contribution >= 4 is 21.8 Å². The molecule has 2 aromatic carbocycles. The Labute approximate surface area is 170 Å². The Morgan fingerprint density at radius 3 is 2.28 bits per heavy atom. The molecule has 7 nitrogen and oxygen atoms in total. The summed E-state index contributed by atoms with van der Waals surface area (Å²) in [6.45, 7) is 3.15. The zero-order valence-electron chi connectivity index (χ0n) is 16.7. The Kier molecular flexibility index (Phi) is 6.76. The monoisotopic (exact) mass is 421 g/mol. The van der Waals surface area contributed by atoms with E-state index < -0.39 is 40.2 Å². The molecule has 0 saturated heterocycles. The van der Waals surface area contributed by atoms with Crippen LogP contribution in [0, 0.1) is 19.7 Å². The second-order valence-corrected chi connectivity index (χ2v) is 8.92. The van der Waals surface area contributed by atoms with E-state index >= 15 is 0 Å². The molecule has 0 spiro atoms. The number of benzene rings is 2. The maximum absolute atomic E-state index is 13.5. The molecule has 2 N–H and O–H groups in total. The van der Waals surface area contributed by atoms with Gasteiger partial charge in [0.25, 0.3) is 0 Å². The van der Waals surface area contributed by atoms with Crippen LogP contribution in [0.2, 0.25) is 0 Å². The van der Waals surface area contributed by atoms with Gasteiger partial charge in [0.15, 0.2) is 0 Å². The summed E-state index contributed by atoms with van der Waals surface area (Å²) in [7, 11) is -1.32. The van der Waals surface area contributed by atoms with E-state index in [4.69, 9.17) is 5.73 Å². The lowest BCUT2D eigenvalue weighted by atomic mass is 10.0. The molecule has 0 fully saturated rings. The van der Waals surface area contributed by atoms with Crippen molar-refractivity contribution in [2.24, 2.45) is 5.73 Å². The Morgan fingerprint density at radius 1 is 1.07 bits per heavy atom. The molecule has 0 aliphatic heterocycles. The minimum atomic E-state index is -3.91. The highest BCUT2D eigenvalue weighted by atomic mass is 32.2. The molecule has 156 valence electrons. The fourth-order valence-electron chi connectivity index (χ4n) is 2.84. The number of amides is 2. The number of carbonyl (C=O) groups is 2. The van der Waals surface area contributed by atoms with Crippen molar-refractivity contribution in [2.45, 2.75) is 24.8 Å². The summed E-state index contributed by atoms with van der Waals surface area (Å²) in [5.74, 6) is -2.09. The molecule has 1 atom stereocenters. The number of rotatable bonds is 7. The Hall–Kier alpha value is -2.78. The SMILES string of the molecule is Cc1ccc(S(=O)(=O)N(C)CC(=O)N(C)C(C(N)=O)c2cccc(F)c2)cc1C. The number of halogens is 1. The molecule has 0 aliphatic rings. The molecule has 2 aromatic rings. The molecule has 29 heavy (non-hydrogen) atoms. The van der Waals surface area contributed by atoms with E-state index in [0.29, 0.717) is 0 Å². The van der Waals surface area contributed by atoms with Gasteiger partial charge < -0.3 is 10.6 Å². The first-order chi connectivity index (χ1) is 13.4. The highest BCUT2D eigenvalue weighted by Gasteiger charge is 2.30. The summed E-state index contributed by atoms with van der Waals surface area (Å²) in [6, 6.07) is 8.65. The minimum absolute atomic E-state index is 0.0649. The maximum atomic E-state index is 13.5. The predicted molar refractivity (Wildman–Crippen MR) is 107 cm³/mol. The van der Waals surface area contributed by atoms with Crippen molar-refractivity contribution in [1.29, 1.82) is 0 Å². The van der Waals surface area contributed by atoms with Crippen molar-refractivity contribution in [1.82, 2.24) is 9.21 Å². The summed E-state index contributed by atoms with van der Waals surface area (Å²) >= 11 is 0. The second kappa shape index (κ2) is 8.71. The fourth-order valence-corrected chi connectivity index (χ4v) is 4.05. The molecule has 0 saturated carbocycles. The predicted octanol–water partition coefficient (Wildman–Crippen LogP) is 1.75. The van der Waals surface area contributed by atoms with Crippen LogP contribution in [0.1, 0.15) is 22.7 Å². The van der Waals surface area contributed by atoms with Gasteiger partial charge in [-0.3, -0.25) is 9.59 Å². The van der Waals surface area contributed by atoms with Crippen LogP contribution in [0.3, 0.4) is 0 Å². The number of hydrogen-bond acceptors (Lipinski definition) is 4. The standard InChI is InChI=1S/C20H24FN3O4S/c1-13-8-9-17(10-14(13)2)29(27,28)23(3)12-18(25)24(4)19(20(22)26)15-6-5-7-16(21)11-15/h5-11,19H,12H2,1-4H3,(H2,22,26). The number of nitrogens with zero attached hydrogens (tertiary/aromatic N) is 2. The van der Waals surface area contributed by atoms with Crippen molar-refractivity contribution in [3.05, 3.63) is 65.0 Å². The molecule has 0 heterocycles. The van der Waals surface area contributed by atoms with Gasteiger partial charge in [0.1, 0.15) is 11.9 Å². The van der Waals surface area contributed by atoms with E-state index in [2.05, 4.69) is 0 Å². The average molecular weight is 421 g/mol. The highest BCUT2D eigenvalue weighted by Crippen LogP contribution is 2.22. The molecule has 1 unspecified atom stereocenters. The van der Waals surface area contributed by atoms with Crippen molar-refractivity contribution in [2.75, 3.05) is 20.6 Å². The zero-order chi connectivity index (χ0) is 21.9. The molecule has 0 bridgehead atoms. The van der Waals surface area contributed by atoms with Gasteiger partial charge in [0.2, 0.25) is 21.8 Å². The van der Waals surface area contributed by atoms with E-state index in [1.54, 1.807) is 13.0 Å². The molecule has 9 heteroatoms. The van der Waals surface area contributed by atoms with Gasteiger partial charge in [-0.25, -0.2) is 12.8 Å². The van der Waals surface area contributed by atoms with E-state index in [1.165, 1.54) is 44.4 Å². The Morgan fingerprint density at radius 2 is 1.72 bits per heavy atom. The van der Waals surface area contributed by atoms with E-state index in [9.17, 15) is 22.4 Å². The first kappa shape index (κ1) is 22.5. The number of carbonyl (C=O) groups excluding carboxylic acids is 2. The van der Waals surface area contributed by atoms with Gasteiger partial charge in [0.05, 0.1) is 11.4 Å². The smallest absolute Gasteiger partial charge is 0.244 e. The number of aryl methyl sites for hydroxylation is 2. The first-order valence-electron chi connectivity index (χ1n) is 8.79. The molecule has 0 aliphatic carbocycles. The largest absolute Gasteiger partial charge is 0.368 e. The Balaban J connectivity index is 2.24. The van der Waals surface area contributed by atoms with Crippen molar-refractivity contribution in [3.8, 4) is 0 Å². The first-order valence-corrected chi connectivity index (χ1v) is 10.2. The normalized spacial score (nSPS) is 12.6. The quantitative estimate of drug-likeness (QED) is 0.736. The fraction of sp³-hybridized carbons (Fsp3) is 0.300. The number of likely N-dealkylation sites (N-methyl/N-ethyl adjacent to an activating group) is 2. The van der Waals surface area contributed by atoms with Crippen LogP contribution in [0.15, 0.2) is 47.4 Å². The zero-order valence-corrected chi connectivity index (χ0v) is 17.5. The van der Waals surface area contributed by atoms with Crippen molar-refractivity contribution < 1.29 is 22.4 Å². The van der Waals surface area contributed by atoms with Crippen LogP contribution in [-0.2, 0) is 19.6 Å². The van der Waals surface area contributed by atoms with E-state index in [-0.39, 0.29) is 10.5 Å². The van der Waals surface area contributed by atoms with Crippen LogP contribution in [0.4, 0.5) is 4.39 Å². The molecule has 2 rings (SSSR count). The molecule has 0 aromatic heterocycles. The summed E-state index contributed by atoms with van der Waals surface area (Å²) in [4.78, 5) is 25.7. The minimum Gasteiger partial charge on any atom is -0.368 e. The van der Waals surface area contributed by atoms with Gasteiger partial charge in [-0.05, 0) is 54.8 Å². The molecular formula is C20H24FN3O4S. The lowest BCUT2D eigenvalue weighted by Crippen LogP contribution is -2.44. The number of nitrogens with two attached hydrogens (primary N) is 1. The maximum Gasteiger partial charge on any atom is 0.244 e.